The van der Waals surface area contributed by atoms with Gasteiger partial charge in [0.1, 0.15) is 5.78 Å². The third kappa shape index (κ3) is 7.71. The predicted octanol–water partition coefficient (Wildman–Crippen LogP) is 4.90. The number of unbranched alkanes of at least 4 members (excludes halogenated alkanes) is 6. The molecular weight excluding hydrogens is 236 g/mol. The minimum absolute atomic E-state index is 0.446. The van der Waals surface area contributed by atoms with Gasteiger partial charge in [0.25, 0.3) is 0 Å². The highest BCUT2D eigenvalue weighted by atomic mass is 16.5. The molecule has 0 spiro atoms. The Hall–Kier alpha value is -0.370. The molecule has 0 aromatic carbocycles. The topological polar surface area (TPSA) is 26.3 Å². The third-order valence-electron chi connectivity index (χ3n) is 4.17. The maximum Gasteiger partial charge on any atom is 0.133 e. The summed E-state index contributed by atoms with van der Waals surface area (Å²) in [6, 6.07) is 0. The summed E-state index contributed by atoms with van der Waals surface area (Å²) in [6.45, 7) is 5.09. The number of rotatable bonds is 12. The molecule has 0 aromatic heterocycles. The summed E-state index contributed by atoms with van der Waals surface area (Å²) in [7, 11) is 0. The number of ketones is 1. The Kier molecular flexibility index (Phi) is 9.15. The van der Waals surface area contributed by atoms with E-state index < -0.39 is 0 Å². The van der Waals surface area contributed by atoms with Crippen LogP contribution in [0, 0.1) is 5.92 Å². The number of hydrogen-bond donors (Lipinski definition) is 0. The van der Waals surface area contributed by atoms with Gasteiger partial charge in [0.15, 0.2) is 0 Å². The van der Waals surface area contributed by atoms with E-state index in [2.05, 4.69) is 6.92 Å². The molecule has 0 N–H and O–H groups in total. The van der Waals surface area contributed by atoms with Crippen molar-refractivity contribution >= 4 is 5.78 Å². The van der Waals surface area contributed by atoms with E-state index in [9.17, 15) is 4.79 Å². The molecule has 1 aliphatic rings. The van der Waals surface area contributed by atoms with Crippen LogP contribution in [-0.2, 0) is 9.53 Å². The molecule has 0 aromatic rings. The zero-order chi connectivity index (χ0) is 13.9. The predicted molar refractivity (Wildman–Crippen MR) is 80.4 cm³/mol. The van der Waals surface area contributed by atoms with Crippen LogP contribution in [-0.4, -0.2) is 18.5 Å². The monoisotopic (exact) mass is 268 g/mol. The Morgan fingerprint density at radius 1 is 1.00 bits per heavy atom. The van der Waals surface area contributed by atoms with Crippen LogP contribution in [0.5, 0.6) is 0 Å². The SMILES string of the molecule is CCCCCCCCCC(=O)CC1CC(OCC)C1. The number of Topliss-reactive ketones (excluding diaryl/α,β-unsaturated/α-hetero) is 1. The van der Waals surface area contributed by atoms with Crippen molar-refractivity contribution in [3.05, 3.63) is 0 Å². The molecule has 0 saturated heterocycles. The molecule has 19 heavy (non-hydrogen) atoms. The Labute approximate surface area is 119 Å². The zero-order valence-electron chi connectivity index (χ0n) is 13.0. The quantitative estimate of drug-likeness (QED) is 0.470. The van der Waals surface area contributed by atoms with Crippen LogP contribution in [0.1, 0.15) is 84.5 Å². The van der Waals surface area contributed by atoms with Gasteiger partial charge >= 0.3 is 0 Å². The lowest BCUT2D eigenvalue weighted by molar-refractivity contribution is -0.122. The number of carbonyl (C=O) groups excluding carboxylic acids is 1. The van der Waals surface area contributed by atoms with Crippen molar-refractivity contribution in [3.63, 3.8) is 0 Å². The fourth-order valence-corrected chi connectivity index (χ4v) is 2.92. The van der Waals surface area contributed by atoms with Crippen molar-refractivity contribution in [1.82, 2.24) is 0 Å². The van der Waals surface area contributed by atoms with Gasteiger partial charge < -0.3 is 4.74 Å². The average Bonchev–Trinajstić information content (AvgIpc) is 2.35. The van der Waals surface area contributed by atoms with Crippen molar-refractivity contribution in [2.24, 2.45) is 5.92 Å². The summed E-state index contributed by atoms with van der Waals surface area (Å²) < 4.78 is 5.52. The van der Waals surface area contributed by atoms with Gasteiger partial charge in [-0.1, -0.05) is 45.4 Å². The molecular formula is C17H32O2. The minimum Gasteiger partial charge on any atom is -0.378 e. The molecule has 2 heteroatoms. The van der Waals surface area contributed by atoms with E-state index in [1.807, 2.05) is 6.92 Å². The molecule has 0 radical (unpaired) electrons. The summed E-state index contributed by atoms with van der Waals surface area (Å²) in [5.74, 6) is 1.10. The molecule has 1 rings (SSSR count). The highest BCUT2D eigenvalue weighted by Gasteiger charge is 2.30. The first-order chi connectivity index (χ1) is 9.26. The van der Waals surface area contributed by atoms with Crippen molar-refractivity contribution in [1.29, 1.82) is 0 Å². The zero-order valence-corrected chi connectivity index (χ0v) is 13.0. The normalized spacial score (nSPS) is 22.2. The second-order valence-corrected chi connectivity index (χ2v) is 6.03. The van der Waals surface area contributed by atoms with Crippen LogP contribution in [0.2, 0.25) is 0 Å². The van der Waals surface area contributed by atoms with E-state index in [4.69, 9.17) is 4.74 Å². The molecule has 1 aliphatic carbocycles. The van der Waals surface area contributed by atoms with Crippen LogP contribution >= 0.6 is 0 Å². The fraction of sp³-hybridized carbons (Fsp3) is 0.941. The van der Waals surface area contributed by atoms with Gasteiger partial charge in [-0.3, -0.25) is 4.79 Å². The molecule has 1 fully saturated rings. The molecule has 0 amide bonds. The van der Waals surface area contributed by atoms with Crippen molar-refractivity contribution in [2.75, 3.05) is 6.61 Å². The second kappa shape index (κ2) is 10.4. The Balaban J connectivity index is 1.86. The molecule has 1 saturated carbocycles. The Morgan fingerprint density at radius 3 is 2.26 bits per heavy atom. The van der Waals surface area contributed by atoms with Gasteiger partial charge in [0.2, 0.25) is 0 Å². The molecule has 0 bridgehead atoms. The number of ether oxygens (including phenoxy) is 1. The van der Waals surface area contributed by atoms with Crippen LogP contribution in [0.3, 0.4) is 0 Å². The lowest BCUT2D eigenvalue weighted by Gasteiger charge is -2.34. The summed E-state index contributed by atoms with van der Waals surface area (Å²) in [5, 5.41) is 0. The first kappa shape index (κ1) is 16.7. The number of carbonyl (C=O) groups is 1. The van der Waals surface area contributed by atoms with Gasteiger partial charge in [-0.15, -0.1) is 0 Å². The molecule has 0 atom stereocenters. The van der Waals surface area contributed by atoms with Crippen molar-refractivity contribution in [2.45, 2.75) is 90.6 Å². The van der Waals surface area contributed by atoms with Crippen molar-refractivity contribution in [3.8, 4) is 0 Å². The van der Waals surface area contributed by atoms with E-state index in [0.29, 0.717) is 17.8 Å². The Morgan fingerprint density at radius 2 is 1.63 bits per heavy atom. The standard InChI is InChI=1S/C17H32O2/c1-3-5-6-7-8-9-10-11-16(18)12-15-13-17(14-15)19-4-2/h15,17H,3-14H2,1-2H3. The number of hydrogen-bond acceptors (Lipinski definition) is 2. The van der Waals surface area contributed by atoms with Crippen LogP contribution < -0.4 is 0 Å². The van der Waals surface area contributed by atoms with Crippen LogP contribution in [0.25, 0.3) is 0 Å². The third-order valence-corrected chi connectivity index (χ3v) is 4.17. The lowest BCUT2D eigenvalue weighted by Crippen LogP contribution is -2.32. The summed E-state index contributed by atoms with van der Waals surface area (Å²) in [5.41, 5.74) is 0. The summed E-state index contributed by atoms with van der Waals surface area (Å²) in [6.07, 6.45) is 13.3. The first-order valence-corrected chi connectivity index (χ1v) is 8.39. The maximum absolute atomic E-state index is 11.8. The molecule has 0 heterocycles. The molecule has 2 nitrogen and oxygen atoms in total. The smallest absolute Gasteiger partial charge is 0.133 e. The largest absolute Gasteiger partial charge is 0.378 e. The van der Waals surface area contributed by atoms with Gasteiger partial charge in [0.05, 0.1) is 6.10 Å². The van der Waals surface area contributed by atoms with Crippen LogP contribution in [0.4, 0.5) is 0 Å². The minimum atomic E-state index is 0.446. The van der Waals surface area contributed by atoms with Gasteiger partial charge in [-0.25, -0.2) is 0 Å². The molecule has 0 aliphatic heterocycles. The van der Waals surface area contributed by atoms with Gasteiger partial charge in [-0.2, -0.15) is 0 Å². The van der Waals surface area contributed by atoms with Crippen LogP contribution in [0.15, 0.2) is 0 Å². The average molecular weight is 268 g/mol. The summed E-state index contributed by atoms with van der Waals surface area (Å²) >= 11 is 0. The lowest BCUT2D eigenvalue weighted by atomic mass is 9.78. The molecule has 0 unspecified atom stereocenters. The van der Waals surface area contributed by atoms with E-state index in [1.165, 1.54) is 38.5 Å². The second-order valence-electron chi connectivity index (χ2n) is 6.03. The van der Waals surface area contributed by atoms with E-state index in [0.717, 1.165) is 38.7 Å². The fourth-order valence-electron chi connectivity index (χ4n) is 2.92. The van der Waals surface area contributed by atoms with E-state index in [1.54, 1.807) is 0 Å². The summed E-state index contributed by atoms with van der Waals surface area (Å²) in [4.78, 5) is 11.8. The Bertz CT molecular complexity index is 231. The van der Waals surface area contributed by atoms with E-state index in [-0.39, 0.29) is 0 Å². The first-order valence-electron chi connectivity index (χ1n) is 8.39. The van der Waals surface area contributed by atoms with Crippen molar-refractivity contribution < 1.29 is 9.53 Å². The van der Waals surface area contributed by atoms with Gasteiger partial charge in [-0.05, 0) is 32.1 Å². The highest BCUT2D eigenvalue weighted by molar-refractivity contribution is 5.78. The van der Waals surface area contributed by atoms with E-state index >= 15 is 0 Å². The molecule has 112 valence electrons. The maximum atomic E-state index is 11.8. The highest BCUT2D eigenvalue weighted by Crippen LogP contribution is 2.33. The van der Waals surface area contributed by atoms with Gasteiger partial charge in [0, 0.05) is 19.4 Å².